The lowest BCUT2D eigenvalue weighted by Gasteiger charge is -2.09. The highest BCUT2D eigenvalue weighted by atomic mass is 32.1. The van der Waals surface area contributed by atoms with E-state index < -0.39 is 0 Å². The largest absolute Gasteiger partial charge is 0.507 e. The number of phenols is 2. The van der Waals surface area contributed by atoms with Crippen LogP contribution in [0.4, 0.5) is 0 Å². The SMILES string of the molecule is Cc1c(O)c(C)c2c(c1O)C(=O)/C(=C/c1ccsc1)O2. The van der Waals surface area contributed by atoms with Crippen molar-refractivity contribution in [2.24, 2.45) is 0 Å². The van der Waals surface area contributed by atoms with Gasteiger partial charge in [-0.25, -0.2) is 0 Å². The quantitative estimate of drug-likeness (QED) is 0.789. The fraction of sp³-hybridized carbons (Fsp3) is 0.133. The molecule has 20 heavy (non-hydrogen) atoms. The number of Topliss-reactive ketones (excluding diaryl/α,β-unsaturated/α-hetero) is 1. The molecule has 2 aromatic rings. The Bertz CT molecular complexity index is 742. The molecule has 0 radical (unpaired) electrons. The van der Waals surface area contributed by atoms with Crippen LogP contribution in [0.5, 0.6) is 17.2 Å². The second kappa shape index (κ2) is 4.38. The van der Waals surface area contributed by atoms with Crippen molar-refractivity contribution in [3.8, 4) is 17.2 Å². The van der Waals surface area contributed by atoms with Crippen LogP contribution in [-0.4, -0.2) is 16.0 Å². The number of benzene rings is 1. The van der Waals surface area contributed by atoms with Gasteiger partial charge in [-0.2, -0.15) is 11.3 Å². The van der Waals surface area contributed by atoms with Crippen LogP contribution in [0.2, 0.25) is 0 Å². The van der Waals surface area contributed by atoms with Crippen LogP contribution in [0.25, 0.3) is 6.08 Å². The van der Waals surface area contributed by atoms with Crippen LogP contribution in [0, 0.1) is 13.8 Å². The number of carbonyl (C=O) groups excluding carboxylic acids is 1. The number of hydrogen-bond acceptors (Lipinski definition) is 5. The predicted octanol–water partition coefficient (Wildman–Crippen LogP) is 3.39. The summed E-state index contributed by atoms with van der Waals surface area (Å²) >= 11 is 1.52. The van der Waals surface area contributed by atoms with Crippen molar-refractivity contribution in [2.75, 3.05) is 0 Å². The molecule has 1 aromatic heterocycles. The summed E-state index contributed by atoms with van der Waals surface area (Å²) in [5.41, 5.74) is 1.73. The van der Waals surface area contributed by atoms with E-state index in [2.05, 4.69) is 0 Å². The molecular weight excluding hydrogens is 276 g/mol. The van der Waals surface area contributed by atoms with E-state index >= 15 is 0 Å². The van der Waals surface area contributed by atoms with Gasteiger partial charge in [0.25, 0.3) is 0 Å². The van der Waals surface area contributed by atoms with Gasteiger partial charge in [-0.15, -0.1) is 0 Å². The lowest BCUT2D eigenvalue weighted by Crippen LogP contribution is -1.98. The normalized spacial score (nSPS) is 15.5. The number of ketones is 1. The van der Waals surface area contributed by atoms with Gasteiger partial charge in [0.15, 0.2) is 5.76 Å². The van der Waals surface area contributed by atoms with Crippen LogP contribution in [-0.2, 0) is 0 Å². The Kier molecular flexibility index (Phi) is 2.79. The zero-order valence-corrected chi connectivity index (χ0v) is 11.7. The zero-order chi connectivity index (χ0) is 14.4. The fourth-order valence-electron chi connectivity index (χ4n) is 2.20. The molecule has 0 amide bonds. The molecule has 0 unspecified atom stereocenters. The van der Waals surface area contributed by atoms with Gasteiger partial charge in [0.2, 0.25) is 5.78 Å². The summed E-state index contributed by atoms with van der Waals surface area (Å²) in [5.74, 6) is -0.249. The molecule has 1 aliphatic rings. The van der Waals surface area contributed by atoms with Crippen molar-refractivity contribution in [1.82, 2.24) is 0 Å². The summed E-state index contributed by atoms with van der Waals surface area (Å²) in [5, 5.41) is 23.8. The van der Waals surface area contributed by atoms with Gasteiger partial charge in [0.05, 0.1) is 0 Å². The maximum absolute atomic E-state index is 12.3. The highest BCUT2D eigenvalue weighted by molar-refractivity contribution is 7.08. The fourth-order valence-corrected chi connectivity index (χ4v) is 2.82. The lowest BCUT2D eigenvalue weighted by molar-refractivity contribution is 0.101. The summed E-state index contributed by atoms with van der Waals surface area (Å²) in [4.78, 5) is 12.3. The number of carbonyl (C=O) groups is 1. The monoisotopic (exact) mass is 288 g/mol. The summed E-state index contributed by atoms with van der Waals surface area (Å²) in [6.45, 7) is 3.22. The Morgan fingerprint density at radius 3 is 2.60 bits per heavy atom. The molecule has 1 aliphatic heterocycles. The molecule has 0 spiro atoms. The first-order valence-corrected chi connectivity index (χ1v) is 6.96. The average Bonchev–Trinajstić information content (AvgIpc) is 3.04. The van der Waals surface area contributed by atoms with Crippen LogP contribution >= 0.6 is 11.3 Å². The van der Waals surface area contributed by atoms with E-state index in [4.69, 9.17) is 4.74 Å². The second-order valence-electron chi connectivity index (χ2n) is 4.65. The maximum atomic E-state index is 12.3. The Morgan fingerprint density at radius 1 is 1.20 bits per heavy atom. The molecule has 3 rings (SSSR count). The molecular formula is C15H12O4S. The number of aromatic hydroxyl groups is 2. The highest BCUT2D eigenvalue weighted by Gasteiger charge is 2.34. The van der Waals surface area contributed by atoms with Crippen molar-refractivity contribution in [2.45, 2.75) is 13.8 Å². The first-order valence-electron chi connectivity index (χ1n) is 6.02. The molecule has 5 heteroatoms. The van der Waals surface area contributed by atoms with E-state index in [0.717, 1.165) is 5.56 Å². The van der Waals surface area contributed by atoms with Gasteiger partial charge in [-0.05, 0) is 42.3 Å². The third kappa shape index (κ3) is 1.71. The first-order chi connectivity index (χ1) is 9.50. The number of allylic oxidation sites excluding steroid dienone is 1. The molecule has 4 nitrogen and oxygen atoms in total. The van der Waals surface area contributed by atoms with Crippen molar-refractivity contribution >= 4 is 23.2 Å². The summed E-state index contributed by atoms with van der Waals surface area (Å²) in [7, 11) is 0. The number of hydrogen-bond donors (Lipinski definition) is 2. The molecule has 0 bridgehead atoms. The van der Waals surface area contributed by atoms with E-state index in [1.807, 2.05) is 16.8 Å². The molecule has 2 N–H and O–H groups in total. The summed E-state index contributed by atoms with van der Waals surface area (Å²) < 4.78 is 5.54. The van der Waals surface area contributed by atoms with Gasteiger partial charge >= 0.3 is 0 Å². The van der Waals surface area contributed by atoms with E-state index in [1.165, 1.54) is 11.3 Å². The Labute approximate surface area is 119 Å². The van der Waals surface area contributed by atoms with Gasteiger partial charge in [-0.3, -0.25) is 4.79 Å². The van der Waals surface area contributed by atoms with E-state index in [0.29, 0.717) is 5.56 Å². The molecule has 0 aliphatic carbocycles. The van der Waals surface area contributed by atoms with Crippen molar-refractivity contribution in [3.63, 3.8) is 0 Å². The Balaban J connectivity index is 2.16. The highest BCUT2D eigenvalue weighted by Crippen LogP contribution is 2.46. The first kappa shape index (κ1) is 12.7. The van der Waals surface area contributed by atoms with Gasteiger partial charge in [-0.1, -0.05) is 0 Å². The number of fused-ring (bicyclic) bond motifs is 1. The zero-order valence-electron chi connectivity index (χ0n) is 10.9. The molecule has 0 saturated heterocycles. The number of rotatable bonds is 1. The van der Waals surface area contributed by atoms with Gasteiger partial charge in [0, 0.05) is 11.1 Å². The maximum Gasteiger partial charge on any atom is 0.235 e. The van der Waals surface area contributed by atoms with Crippen LogP contribution in [0.3, 0.4) is 0 Å². The van der Waals surface area contributed by atoms with Crippen LogP contribution < -0.4 is 4.74 Å². The smallest absolute Gasteiger partial charge is 0.235 e. The minimum Gasteiger partial charge on any atom is -0.507 e. The number of ether oxygens (including phenoxy) is 1. The standard InChI is InChI=1S/C15H12O4S/c1-7-12(16)8(2)15-11(13(7)17)14(18)10(19-15)5-9-3-4-20-6-9/h3-6,16-17H,1-2H3/b10-5-. The van der Waals surface area contributed by atoms with Crippen LogP contribution in [0.1, 0.15) is 27.0 Å². The van der Waals surface area contributed by atoms with Crippen molar-refractivity contribution in [1.29, 1.82) is 0 Å². The molecule has 2 heterocycles. The van der Waals surface area contributed by atoms with E-state index in [-0.39, 0.29) is 39.9 Å². The topological polar surface area (TPSA) is 66.8 Å². The second-order valence-corrected chi connectivity index (χ2v) is 5.43. The summed E-state index contributed by atoms with van der Waals surface area (Å²) in [6, 6.07) is 1.87. The van der Waals surface area contributed by atoms with Crippen molar-refractivity contribution < 1.29 is 19.7 Å². The summed E-state index contributed by atoms with van der Waals surface area (Å²) in [6.07, 6.45) is 1.63. The Hall–Kier alpha value is -2.27. The molecule has 0 saturated carbocycles. The lowest BCUT2D eigenvalue weighted by atomic mass is 10.0. The van der Waals surface area contributed by atoms with E-state index in [9.17, 15) is 15.0 Å². The Morgan fingerprint density at radius 2 is 1.95 bits per heavy atom. The predicted molar refractivity (Wildman–Crippen MR) is 76.5 cm³/mol. The number of thiophene rings is 1. The molecule has 1 aromatic carbocycles. The molecule has 0 atom stereocenters. The van der Waals surface area contributed by atoms with Crippen molar-refractivity contribution in [3.05, 3.63) is 44.8 Å². The number of phenolic OH excluding ortho intramolecular Hbond substituents is 2. The molecule has 102 valence electrons. The third-order valence-electron chi connectivity index (χ3n) is 3.37. The molecule has 0 fully saturated rings. The van der Waals surface area contributed by atoms with Crippen LogP contribution in [0.15, 0.2) is 22.6 Å². The van der Waals surface area contributed by atoms with Gasteiger partial charge in [0.1, 0.15) is 22.8 Å². The average molecular weight is 288 g/mol. The minimum atomic E-state index is -0.366. The third-order valence-corrected chi connectivity index (χ3v) is 4.08. The minimum absolute atomic E-state index is 0.0502. The van der Waals surface area contributed by atoms with E-state index in [1.54, 1.807) is 19.9 Å². The van der Waals surface area contributed by atoms with Gasteiger partial charge < -0.3 is 14.9 Å².